The van der Waals surface area contributed by atoms with Gasteiger partial charge in [-0.3, -0.25) is 14.9 Å². The average Bonchev–Trinajstić information content (AvgIpc) is 3.12. The van der Waals surface area contributed by atoms with Gasteiger partial charge in [0.2, 0.25) is 0 Å². The van der Waals surface area contributed by atoms with Gasteiger partial charge in [0.05, 0.1) is 10.6 Å². The van der Waals surface area contributed by atoms with E-state index in [1.54, 1.807) is 48.5 Å². The van der Waals surface area contributed by atoms with Crippen LogP contribution in [-0.2, 0) is 0 Å². The van der Waals surface area contributed by atoms with E-state index in [0.717, 1.165) is 0 Å². The third kappa shape index (κ3) is 4.10. The summed E-state index contributed by atoms with van der Waals surface area (Å²) in [7, 11) is 0. The molecule has 0 aliphatic carbocycles. The second-order valence-electron chi connectivity index (χ2n) is 6.62. The normalized spacial score (nSPS) is 10.6. The number of nitro benzene ring substituents is 1. The zero-order valence-corrected chi connectivity index (χ0v) is 16.8. The number of halogens is 1. The highest BCUT2D eigenvalue weighted by Crippen LogP contribution is 2.31. The number of benzene rings is 3. The van der Waals surface area contributed by atoms with Gasteiger partial charge in [-0.15, -0.1) is 0 Å². The number of hydrogen-bond acceptors (Lipinski definition) is 5. The summed E-state index contributed by atoms with van der Waals surface area (Å²) in [4.78, 5) is 23.6. The van der Waals surface area contributed by atoms with Crippen molar-refractivity contribution < 1.29 is 9.72 Å². The molecule has 9 heteroatoms. The van der Waals surface area contributed by atoms with Crippen LogP contribution in [0.2, 0.25) is 5.02 Å². The van der Waals surface area contributed by atoms with Crippen molar-refractivity contribution in [3.63, 3.8) is 0 Å². The molecule has 0 spiro atoms. The van der Waals surface area contributed by atoms with Crippen molar-refractivity contribution in [3.05, 3.63) is 99.6 Å². The molecular formula is C22H16ClN5O3. The van der Waals surface area contributed by atoms with Crippen molar-refractivity contribution in [2.24, 2.45) is 0 Å². The van der Waals surface area contributed by atoms with E-state index in [0.29, 0.717) is 27.7 Å². The smallest absolute Gasteiger partial charge is 0.269 e. The Morgan fingerprint density at radius 3 is 2.26 bits per heavy atom. The molecule has 4 rings (SSSR count). The van der Waals surface area contributed by atoms with E-state index in [9.17, 15) is 14.9 Å². The molecule has 8 nitrogen and oxygen atoms in total. The molecule has 1 heterocycles. The molecule has 3 aromatic carbocycles. The van der Waals surface area contributed by atoms with Crippen LogP contribution in [-0.4, -0.2) is 20.6 Å². The molecule has 31 heavy (non-hydrogen) atoms. The Morgan fingerprint density at radius 2 is 1.65 bits per heavy atom. The Bertz CT molecular complexity index is 1250. The highest BCUT2D eigenvalue weighted by Gasteiger charge is 2.24. The van der Waals surface area contributed by atoms with Crippen LogP contribution in [0, 0.1) is 10.1 Å². The molecule has 0 unspecified atom stereocenters. The van der Waals surface area contributed by atoms with Crippen LogP contribution in [0.4, 0.5) is 17.2 Å². The summed E-state index contributed by atoms with van der Waals surface area (Å²) in [5.41, 5.74) is 8.56. The summed E-state index contributed by atoms with van der Waals surface area (Å²) in [6, 6.07) is 21.6. The number of carbonyl (C=O) groups excluding carboxylic acids is 1. The maximum atomic E-state index is 13.1. The van der Waals surface area contributed by atoms with E-state index in [-0.39, 0.29) is 17.1 Å². The van der Waals surface area contributed by atoms with Gasteiger partial charge < -0.3 is 11.1 Å². The number of nitrogens with one attached hydrogen (secondary N) is 1. The number of amides is 1. The van der Waals surface area contributed by atoms with Gasteiger partial charge in [0, 0.05) is 28.4 Å². The predicted octanol–water partition coefficient (Wildman–Crippen LogP) is 4.94. The maximum absolute atomic E-state index is 13.1. The van der Waals surface area contributed by atoms with E-state index in [1.165, 1.54) is 28.9 Å². The number of nitrogen functional groups attached to an aromatic ring is 1. The molecule has 0 atom stereocenters. The zero-order chi connectivity index (χ0) is 22.0. The summed E-state index contributed by atoms with van der Waals surface area (Å²) in [6.45, 7) is 0. The lowest BCUT2D eigenvalue weighted by Crippen LogP contribution is -2.14. The van der Waals surface area contributed by atoms with Crippen molar-refractivity contribution >= 4 is 34.7 Å². The van der Waals surface area contributed by atoms with Crippen molar-refractivity contribution in [3.8, 4) is 16.9 Å². The van der Waals surface area contributed by atoms with Gasteiger partial charge in [0.15, 0.2) is 0 Å². The molecule has 1 amide bonds. The fourth-order valence-electron chi connectivity index (χ4n) is 3.09. The highest BCUT2D eigenvalue weighted by molar-refractivity contribution is 6.30. The summed E-state index contributed by atoms with van der Waals surface area (Å²) in [5.74, 6) is -0.325. The first-order valence-electron chi connectivity index (χ1n) is 9.19. The van der Waals surface area contributed by atoms with Crippen LogP contribution >= 0.6 is 11.6 Å². The zero-order valence-electron chi connectivity index (χ0n) is 16.0. The first-order valence-corrected chi connectivity index (χ1v) is 9.57. The van der Waals surface area contributed by atoms with E-state index in [2.05, 4.69) is 10.4 Å². The number of non-ortho nitro benzene ring substituents is 1. The lowest BCUT2D eigenvalue weighted by Gasteiger charge is -2.07. The molecule has 3 N–H and O–H groups in total. The molecule has 0 fully saturated rings. The summed E-state index contributed by atoms with van der Waals surface area (Å²) < 4.78 is 1.38. The number of hydrogen-bond donors (Lipinski definition) is 2. The van der Waals surface area contributed by atoms with E-state index in [1.807, 2.05) is 6.07 Å². The average molecular weight is 434 g/mol. The molecule has 154 valence electrons. The van der Waals surface area contributed by atoms with Gasteiger partial charge >= 0.3 is 0 Å². The molecule has 0 radical (unpaired) electrons. The number of para-hydroxylation sites is 1. The van der Waals surface area contributed by atoms with E-state index in [4.69, 9.17) is 17.3 Å². The van der Waals surface area contributed by atoms with Crippen molar-refractivity contribution in [1.82, 2.24) is 9.78 Å². The Balaban J connectivity index is 1.82. The van der Waals surface area contributed by atoms with Crippen LogP contribution < -0.4 is 11.1 Å². The molecule has 0 aliphatic heterocycles. The Kier molecular flexibility index (Phi) is 5.38. The van der Waals surface area contributed by atoms with Crippen LogP contribution in [0.15, 0.2) is 78.9 Å². The quantitative estimate of drug-likeness (QED) is 0.341. The van der Waals surface area contributed by atoms with E-state index >= 15 is 0 Å². The van der Waals surface area contributed by atoms with E-state index < -0.39 is 10.8 Å². The third-order valence-electron chi connectivity index (χ3n) is 4.60. The van der Waals surface area contributed by atoms with Gasteiger partial charge in [-0.1, -0.05) is 41.9 Å². The number of nitro groups is 1. The first-order chi connectivity index (χ1) is 14.9. The largest absolute Gasteiger partial charge is 0.383 e. The molecule has 0 bridgehead atoms. The fraction of sp³-hybridized carbons (Fsp3) is 0. The predicted molar refractivity (Wildman–Crippen MR) is 119 cm³/mol. The standard InChI is InChI=1S/C22H16ClN5O3/c23-15-8-6-14(7-9-15)20-19(22(29)25-16-4-2-1-3-5-16)21(24)27(26-20)17-10-12-18(13-11-17)28(30)31/h1-13H,24H2,(H,25,29). The first kappa shape index (κ1) is 20.1. The number of carbonyl (C=O) groups is 1. The molecule has 1 aromatic heterocycles. The summed E-state index contributed by atoms with van der Waals surface area (Å²) in [5, 5.41) is 18.8. The second kappa shape index (κ2) is 8.29. The van der Waals surface area contributed by atoms with Gasteiger partial charge in [-0.25, -0.2) is 4.68 Å². The minimum atomic E-state index is -0.492. The molecular weight excluding hydrogens is 418 g/mol. The number of nitrogens with two attached hydrogens (primary N) is 1. The van der Waals surface area contributed by atoms with Crippen LogP contribution in [0.3, 0.4) is 0 Å². The van der Waals surface area contributed by atoms with Crippen LogP contribution in [0.1, 0.15) is 10.4 Å². The molecule has 0 saturated carbocycles. The Hall–Kier alpha value is -4.17. The minimum absolute atomic E-state index is 0.0607. The SMILES string of the molecule is Nc1c(C(=O)Nc2ccccc2)c(-c2ccc(Cl)cc2)nn1-c1ccc([N+](=O)[O-])cc1. The second-order valence-corrected chi connectivity index (χ2v) is 7.06. The Morgan fingerprint density at radius 1 is 1.00 bits per heavy atom. The molecule has 0 saturated heterocycles. The van der Waals surface area contributed by atoms with Crippen molar-refractivity contribution in [2.75, 3.05) is 11.1 Å². The topological polar surface area (TPSA) is 116 Å². The van der Waals surface area contributed by atoms with Gasteiger partial charge in [-0.05, 0) is 36.4 Å². The Labute approximate surface area is 182 Å². The molecule has 0 aliphatic rings. The number of aromatic nitrogens is 2. The summed E-state index contributed by atoms with van der Waals surface area (Å²) >= 11 is 6.00. The lowest BCUT2D eigenvalue weighted by molar-refractivity contribution is -0.384. The van der Waals surface area contributed by atoms with Crippen molar-refractivity contribution in [1.29, 1.82) is 0 Å². The number of rotatable bonds is 5. The van der Waals surface area contributed by atoms with Gasteiger partial charge in [0.25, 0.3) is 11.6 Å². The minimum Gasteiger partial charge on any atom is -0.383 e. The monoisotopic (exact) mass is 433 g/mol. The van der Waals surface area contributed by atoms with Crippen LogP contribution in [0.25, 0.3) is 16.9 Å². The number of nitrogens with zero attached hydrogens (tertiary/aromatic N) is 3. The lowest BCUT2D eigenvalue weighted by atomic mass is 10.1. The molecule has 4 aromatic rings. The van der Waals surface area contributed by atoms with Gasteiger partial charge in [-0.2, -0.15) is 5.10 Å². The summed E-state index contributed by atoms with van der Waals surface area (Å²) in [6.07, 6.45) is 0. The number of anilines is 2. The maximum Gasteiger partial charge on any atom is 0.269 e. The third-order valence-corrected chi connectivity index (χ3v) is 4.85. The van der Waals surface area contributed by atoms with Crippen LogP contribution in [0.5, 0.6) is 0 Å². The van der Waals surface area contributed by atoms with Crippen molar-refractivity contribution in [2.45, 2.75) is 0 Å². The van der Waals surface area contributed by atoms with Gasteiger partial charge in [0.1, 0.15) is 17.1 Å². The highest BCUT2D eigenvalue weighted by atomic mass is 35.5. The fourth-order valence-corrected chi connectivity index (χ4v) is 3.22.